The predicted molar refractivity (Wildman–Crippen MR) is 135 cm³/mol. The summed E-state index contributed by atoms with van der Waals surface area (Å²) < 4.78 is 5.32. The van der Waals surface area contributed by atoms with Crippen LogP contribution in [-0.2, 0) is 20.9 Å². The highest BCUT2D eigenvalue weighted by Crippen LogP contribution is 2.29. The van der Waals surface area contributed by atoms with Gasteiger partial charge in [0, 0.05) is 32.1 Å². The largest absolute Gasteiger partial charge is 0.379 e. The van der Waals surface area contributed by atoms with Crippen molar-refractivity contribution in [2.75, 3.05) is 25.1 Å². The van der Waals surface area contributed by atoms with Crippen molar-refractivity contribution >= 4 is 29.8 Å². The molecule has 1 saturated heterocycles. The number of hydrogen-bond acceptors (Lipinski definition) is 7. The number of aromatic nitrogens is 1. The molecule has 2 atom stereocenters. The molecule has 0 saturated carbocycles. The van der Waals surface area contributed by atoms with E-state index in [1.54, 1.807) is 6.21 Å². The van der Waals surface area contributed by atoms with E-state index in [0.29, 0.717) is 18.9 Å². The lowest BCUT2D eigenvalue weighted by molar-refractivity contribution is -0.122. The summed E-state index contributed by atoms with van der Waals surface area (Å²) in [5.41, 5.74) is 6.40. The van der Waals surface area contributed by atoms with Crippen molar-refractivity contribution in [2.45, 2.75) is 44.8 Å². The molecule has 180 valence electrons. The third kappa shape index (κ3) is 5.19. The Labute approximate surface area is 204 Å². The van der Waals surface area contributed by atoms with Crippen molar-refractivity contribution in [3.8, 4) is 0 Å². The molecule has 0 radical (unpaired) electrons. The van der Waals surface area contributed by atoms with E-state index in [-0.39, 0.29) is 11.9 Å². The second-order valence-corrected chi connectivity index (χ2v) is 9.07. The number of amides is 1. The van der Waals surface area contributed by atoms with Gasteiger partial charge in [0.2, 0.25) is 5.91 Å². The third-order valence-electron chi connectivity index (χ3n) is 6.64. The fourth-order valence-electron chi connectivity index (χ4n) is 4.59. The van der Waals surface area contributed by atoms with Gasteiger partial charge < -0.3 is 20.3 Å². The third-order valence-corrected chi connectivity index (χ3v) is 6.64. The van der Waals surface area contributed by atoms with E-state index >= 15 is 0 Å². The molecule has 8 nitrogen and oxygen atoms in total. The maximum atomic E-state index is 12.4. The molecule has 0 aromatic carbocycles. The number of carbonyl (C=O) groups is 1. The topological polar surface area (TPSA) is 95.9 Å². The van der Waals surface area contributed by atoms with Crippen LogP contribution in [0.1, 0.15) is 37.4 Å². The highest BCUT2D eigenvalue weighted by molar-refractivity contribution is 5.92. The molecule has 35 heavy (non-hydrogen) atoms. The molecule has 1 amide bonds. The first-order valence-electron chi connectivity index (χ1n) is 12.1. The summed E-state index contributed by atoms with van der Waals surface area (Å²) in [6.07, 6.45) is 16.2. The Morgan fingerprint density at radius 2 is 2.29 bits per heavy atom. The molecule has 1 unspecified atom stereocenters. The van der Waals surface area contributed by atoms with Crippen LogP contribution in [0.15, 0.2) is 64.1 Å². The summed E-state index contributed by atoms with van der Waals surface area (Å²) in [7, 11) is 0. The van der Waals surface area contributed by atoms with Crippen molar-refractivity contribution in [3.05, 3.63) is 70.4 Å². The SMILES string of the molecule is CCC1=Cc2ncc(CN3C=CC(=C4C=C[C@H](C(=O)NC5CCOC5)N=C4)CC3)cc2NC1=C=O. The van der Waals surface area contributed by atoms with Crippen molar-refractivity contribution in [1.82, 2.24) is 15.2 Å². The van der Waals surface area contributed by atoms with Crippen molar-refractivity contribution in [1.29, 1.82) is 0 Å². The molecule has 0 aliphatic carbocycles. The molecule has 2 N–H and O–H groups in total. The van der Waals surface area contributed by atoms with E-state index in [4.69, 9.17) is 4.74 Å². The zero-order valence-electron chi connectivity index (χ0n) is 19.8. The zero-order chi connectivity index (χ0) is 24.2. The molecular weight excluding hydrogens is 442 g/mol. The van der Waals surface area contributed by atoms with Crippen LogP contribution in [-0.4, -0.2) is 59.8 Å². The Hall–Kier alpha value is -3.74. The monoisotopic (exact) mass is 471 g/mol. The fraction of sp³-hybridized carbons (Fsp3) is 0.370. The summed E-state index contributed by atoms with van der Waals surface area (Å²) >= 11 is 0. The maximum Gasteiger partial charge on any atom is 0.249 e. The lowest BCUT2D eigenvalue weighted by Gasteiger charge is -2.26. The van der Waals surface area contributed by atoms with Gasteiger partial charge in [0.05, 0.1) is 24.0 Å². The van der Waals surface area contributed by atoms with Crippen LogP contribution < -0.4 is 10.6 Å². The summed E-state index contributed by atoms with van der Waals surface area (Å²) in [5, 5.41) is 6.17. The van der Waals surface area contributed by atoms with Crippen LogP contribution in [0, 0.1) is 0 Å². The van der Waals surface area contributed by atoms with E-state index in [9.17, 15) is 9.59 Å². The Bertz CT molecular complexity index is 1200. The molecule has 1 aromatic rings. The first-order chi connectivity index (χ1) is 17.1. The molecule has 5 heterocycles. The number of anilines is 1. The summed E-state index contributed by atoms with van der Waals surface area (Å²) in [6.45, 7) is 4.88. The van der Waals surface area contributed by atoms with Crippen LogP contribution >= 0.6 is 0 Å². The number of dihydropyridines is 1. The van der Waals surface area contributed by atoms with Crippen LogP contribution in [0.5, 0.6) is 0 Å². The number of nitrogens with zero attached hydrogens (tertiary/aromatic N) is 3. The van der Waals surface area contributed by atoms with Crippen molar-refractivity contribution in [3.63, 3.8) is 0 Å². The Morgan fingerprint density at radius 1 is 1.37 bits per heavy atom. The van der Waals surface area contributed by atoms with Gasteiger partial charge in [-0.3, -0.25) is 14.8 Å². The molecule has 5 rings (SSSR count). The van der Waals surface area contributed by atoms with Gasteiger partial charge in [-0.05, 0) is 66.0 Å². The minimum Gasteiger partial charge on any atom is -0.379 e. The van der Waals surface area contributed by atoms with Crippen molar-refractivity contribution < 1.29 is 14.3 Å². The lowest BCUT2D eigenvalue weighted by Crippen LogP contribution is -2.40. The number of fused-ring (bicyclic) bond motifs is 1. The standard InChI is InChI=1S/C27H29N5O3/c1-2-19-12-24-25(31-26(19)16-33)11-18(13-28-24)15-32-8-5-20(6-9-32)21-3-4-23(29-14-21)27(34)30-22-7-10-35-17-22/h3-5,8,11-14,22-23,31H,2,6-7,9-10,15,17H2,1H3,(H,30,34)/t22?,23-/m1/s1. The second kappa shape index (κ2) is 10.3. The highest BCUT2D eigenvalue weighted by atomic mass is 16.5. The summed E-state index contributed by atoms with van der Waals surface area (Å²) in [5.74, 6) is 1.92. The number of nitrogens with one attached hydrogen (secondary N) is 2. The second-order valence-electron chi connectivity index (χ2n) is 9.07. The number of allylic oxidation sites excluding steroid dienone is 4. The molecule has 0 spiro atoms. The van der Waals surface area contributed by atoms with Gasteiger partial charge >= 0.3 is 0 Å². The van der Waals surface area contributed by atoms with Gasteiger partial charge in [0.25, 0.3) is 0 Å². The van der Waals surface area contributed by atoms with Crippen molar-refractivity contribution in [2.24, 2.45) is 4.99 Å². The molecule has 4 aliphatic rings. The normalized spacial score (nSPS) is 25.1. The first-order valence-corrected chi connectivity index (χ1v) is 12.1. The van der Waals surface area contributed by atoms with Gasteiger partial charge in [-0.1, -0.05) is 19.1 Å². The minimum atomic E-state index is -0.480. The molecule has 8 heteroatoms. The molecule has 1 aromatic heterocycles. The highest BCUT2D eigenvalue weighted by Gasteiger charge is 2.23. The first kappa shape index (κ1) is 23.0. The van der Waals surface area contributed by atoms with Gasteiger partial charge in [-0.15, -0.1) is 0 Å². The number of pyridine rings is 1. The van der Waals surface area contributed by atoms with E-state index in [1.807, 2.05) is 43.4 Å². The average Bonchev–Trinajstić information content (AvgIpc) is 3.41. The van der Waals surface area contributed by atoms with E-state index < -0.39 is 6.04 Å². The van der Waals surface area contributed by atoms with Crippen LogP contribution in [0.3, 0.4) is 0 Å². The lowest BCUT2D eigenvalue weighted by atomic mass is 9.99. The summed E-state index contributed by atoms with van der Waals surface area (Å²) in [6, 6.07) is 1.66. The quantitative estimate of drug-likeness (QED) is 0.641. The van der Waals surface area contributed by atoms with Gasteiger partial charge in [0.1, 0.15) is 11.7 Å². The van der Waals surface area contributed by atoms with Crippen LogP contribution in [0.4, 0.5) is 5.69 Å². The Kier molecular flexibility index (Phi) is 6.75. The Balaban J connectivity index is 1.20. The number of rotatable bonds is 5. The number of ether oxygens (including phenoxy) is 1. The van der Waals surface area contributed by atoms with Gasteiger partial charge in [0.15, 0.2) is 5.94 Å². The van der Waals surface area contributed by atoms with Gasteiger partial charge in [-0.25, -0.2) is 4.79 Å². The molecule has 4 aliphatic heterocycles. The summed E-state index contributed by atoms with van der Waals surface area (Å²) in [4.78, 5) is 35.0. The molecule has 0 bridgehead atoms. The predicted octanol–water partition coefficient (Wildman–Crippen LogP) is 2.95. The van der Waals surface area contributed by atoms with Gasteiger partial charge in [-0.2, -0.15) is 0 Å². The Morgan fingerprint density at radius 3 is 2.97 bits per heavy atom. The molecule has 1 fully saturated rings. The van der Waals surface area contributed by atoms with E-state index in [1.165, 1.54) is 5.57 Å². The smallest absolute Gasteiger partial charge is 0.249 e. The number of aliphatic imine (C=N–C) groups is 1. The number of hydrogen-bond donors (Lipinski definition) is 2. The minimum absolute atomic E-state index is 0.0762. The van der Waals surface area contributed by atoms with E-state index in [0.717, 1.165) is 60.4 Å². The molecular formula is C27H29N5O3. The van der Waals surface area contributed by atoms with Crippen LogP contribution in [0.2, 0.25) is 0 Å². The zero-order valence-corrected chi connectivity index (χ0v) is 19.8. The fourth-order valence-corrected chi connectivity index (χ4v) is 4.59. The maximum absolute atomic E-state index is 12.4. The van der Waals surface area contributed by atoms with E-state index in [2.05, 4.69) is 37.8 Å². The van der Waals surface area contributed by atoms with Crippen LogP contribution in [0.25, 0.3) is 6.08 Å². The number of carbonyl (C=O) groups excluding carboxylic acids is 2. The average molecular weight is 472 g/mol.